The maximum Gasteiger partial charge on any atom is 0.317 e. The van der Waals surface area contributed by atoms with Gasteiger partial charge in [-0.05, 0) is 50.2 Å². The molecule has 0 spiro atoms. The first-order chi connectivity index (χ1) is 12.0. The Morgan fingerprint density at radius 3 is 2.64 bits per heavy atom. The predicted molar refractivity (Wildman–Crippen MR) is 101 cm³/mol. The van der Waals surface area contributed by atoms with Crippen LogP contribution in [-0.2, 0) is 0 Å². The lowest BCUT2D eigenvalue weighted by Crippen LogP contribution is -2.59. The molecule has 134 valence electrons. The number of likely N-dealkylation sites (N-methyl/N-ethyl adjacent to an activating group) is 1. The number of aryl methyl sites for hydroxylation is 1. The molecule has 1 aliphatic heterocycles. The third-order valence-corrected chi connectivity index (χ3v) is 5.58. The molecule has 0 bridgehead atoms. The predicted octanol–water partition coefficient (Wildman–Crippen LogP) is 3.13. The van der Waals surface area contributed by atoms with Crippen molar-refractivity contribution in [3.8, 4) is 5.75 Å². The Labute approximate surface area is 153 Å². The van der Waals surface area contributed by atoms with Gasteiger partial charge in [-0.2, -0.15) is 0 Å². The summed E-state index contributed by atoms with van der Waals surface area (Å²) in [5.74, 6) is 0.855. The molecule has 2 heterocycles. The quantitative estimate of drug-likeness (QED) is 0.862. The van der Waals surface area contributed by atoms with Crippen molar-refractivity contribution in [1.29, 1.82) is 0 Å². The number of ether oxygens (including phenoxy) is 1. The molecule has 0 aliphatic carbocycles. The summed E-state index contributed by atoms with van der Waals surface area (Å²) in [6.07, 6.45) is 0.0809. The Balaban J connectivity index is 1.46. The maximum atomic E-state index is 12.3. The van der Waals surface area contributed by atoms with E-state index in [9.17, 15) is 4.79 Å². The first-order valence-corrected chi connectivity index (χ1v) is 9.37. The van der Waals surface area contributed by atoms with Crippen LogP contribution >= 0.6 is 11.3 Å². The highest BCUT2D eigenvalue weighted by molar-refractivity contribution is 7.10. The normalized spacial score (nSPS) is 15.8. The zero-order chi connectivity index (χ0) is 17.8. The van der Waals surface area contributed by atoms with Crippen LogP contribution in [0.25, 0.3) is 0 Å². The van der Waals surface area contributed by atoms with Crippen LogP contribution in [0.4, 0.5) is 4.79 Å². The van der Waals surface area contributed by atoms with E-state index in [2.05, 4.69) is 28.6 Å². The largest absolute Gasteiger partial charge is 0.487 e. The van der Waals surface area contributed by atoms with Crippen LogP contribution < -0.4 is 10.1 Å². The van der Waals surface area contributed by atoms with Gasteiger partial charge < -0.3 is 19.9 Å². The molecular formula is C19H25N3O2S. The Morgan fingerprint density at radius 1 is 1.32 bits per heavy atom. The van der Waals surface area contributed by atoms with Gasteiger partial charge in [0.1, 0.15) is 11.9 Å². The summed E-state index contributed by atoms with van der Waals surface area (Å²) in [7, 11) is 4.09. The molecule has 1 atom stereocenters. The second-order valence-electron chi connectivity index (χ2n) is 6.59. The number of carbonyl (C=O) groups excluding carboxylic acids is 1. The number of urea groups is 1. The summed E-state index contributed by atoms with van der Waals surface area (Å²) in [6, 6.07) is 12.0. The fourth-order valence-electron chi connectivity index (χ4n) is 2.90. The van der Waals surface area contributed by atoms with E-state index in [0.717, 1.165) is 5.75 Å². The minimum atomic E-state index is -0.0195. The highest BCUT2D eigenvalue weighted by Crippen LogP contribution is 2.27. The van der Waals surface area contributed by atoms with Crippen molar-refractivity contribution in [3.05, 3.63) is 52.2 Å². The molecule has 2 aromatic rings. The first-order valence-electron chi connectivity index (χ1n) is 8.49. The molecule has 1 saturated heterocycles. The van der Waals surface area contributed by atoms with Gasteiger partial charge in [0.15, 0.2) is 0 Å². The topological polar surface area (TPSA) is 44.8 Å². The van der Waals surface area contributed by atoms with Crippen LogP contribution in [0.3, 0.4) is 0 Å². The standard InChI is InChI=1S/C19H25N3O2S/c1-14-9-10-25-18(14)17(21(2)3)11-20-19(23)22-12-16(13-22)24-15-7-5-4-6-8-15/h4-10,16-17H,11-13H2,1-3H3,(H,20,23)/t17-/m0/s1. The summed E-state index contributed by atoms with van der Waals surface area (Å²) < 4.78 is 5.84. The molecule has 6 heteroatoms. The van der Waals surface area contributed by atoms with Gasteiger partial charge in [-0.1, -0.05) is 18.2 Å². The SMILES string of the molecule is Cc1ccsc1[C@H](CNC(=O)N1CC(Oc2ccccc2)C1)N(C)C. The molecule has 1 aliphatic rings. The Kier molecular flexibility index (Phi) is 5.60. The van der Waals surface area contributed by atoms with Crippen molar-refractivity contribution < 1.29 is 9.53 Å². The fourth-order valence-corrected chi connectivity index (χ4v) is 4.03. The Hall–Kier alpha value is -2.05. The third-order valence-electron chi connectivity index (χ3n) is 4.46. The molecule has 1 N–H and O–H groups in total. The number of likely N-dealkylation sites (tertiary alicyclic amines) is 1. The monoisotopic (exact) mass is 359 g/mol. The fraction of sp³-hybridized carbons (Fsp3) is 0.421. The molecule has 1 aromatic carbocycles. The third kappa shape index (κ3) is 4.32. The van der Waals surface area contributed by atoms with Gasteiger partial charge in [-0.15, -0.1) is 11.3 Å². The highest BCUT2D eigenvalue weighted by Gasteiger charge is 2.32. The number of rotatable bonds is 6. The van der Waals surface area contributed by atoms with Crippen molar-refractivity contribution >= 4 is 17.4 Å². The zero-order valence-corrected chi connectivity index (χ0v) is 15.8. The summed E-state index contributed by atoms with van der Waals surface area (Å²) in [5, 5.41) is 5.16. The minimum Gasteiger partial charge on any atom is -0.487 e. The molecule has 25 heavy (non-hydrogen) atoms. The zero-order valence-electron chi connectivity index (χ0n) is 14.9. The van der Waals surface area contributed by atoms with E-state index in [1.807, 2.05) is 44.4 Å². The molecule has 3 rings (SSSR count). The van der Waals surface area contributed by atoms with E-state index >= 15 is 0 Å². The second kappa shape index (κ2) is 7.89. The minimum absolute atomic E-state index is 0.0195. The number of nitrogens with zero attached hydrogens (tertiary/aromatic N) is 2. The van der Waals surface area contributed by atoms with Crippen molar-refractivity contribution in [1.82, 2.24) is 15.1 Å². The van der Waals surface area contributed by atoms with Gasteiger partial charge in [-0.3, -0.25) is 0 Å². The van der Waals surface area contributed by atoms with E-state index < -0.39 is 0 Å². The van der Waals surface area contributed by atoms with Crippen LogP contribution in [0.2, 0.25) is 0 Å². The number of benzene rings is 1. The first kappa shape index (κ1) is 17.8. The highest BCUT2D eigenvalue weighted by atomic mass is 32.1. The number of nitrogens with one attached hydrogen (secondary N) is 1. The molecule has 0 saturated carbocycles. The summed E-state index contributed by atoms with van der Waals surface area (Å²) >= 11 is 1.74. The smallest absolute Gasteiger partial charge is 0.317 e. The van der Waals surface area contributed by atoms with E-state index in [-0.39, 0.29) is 18.2 Å². The number of para-hydroxylation sites is 1. The summed E-state index contributed by atoms with van der Waals surface area (Å²) in [4.78, 5) is 17.6. The van der Waals surface area contributed by atoms with Crippen molar-refractivity contribution in [2.45, 2.75) is 19.1 Å². The summed E-state index contributed by atoms with van der Waals surface area (Å²) in [5.41, 5.74) is 1.28. The van der Waals surface area contributed by atoms with E-state index in [1.54, 1.807) is 16.2 Å². The van der Waals surface area contributed by atoms with E-state index in [4.69, 9.17) is 4.74 Å². The number of hydrogen-bond donors (Lipinski definition) is 1. The Bertz CT molecular complexity index is 696. The molecule has 2 amide bonds. The number of thiophene rings is 1. The van der Waals surface area contributed by atoms with Crippen LogP contribution in [0.1, 0.15) is 16.5 Å². The molecular weight excluding hydrogens is 334 g/mol. The van der Waals surface area contributed by atoms with Crippen molar-refractivity contribution in [3.63, 3.8) is 0 Å². The maximum absolute atomic E-state index is 12.3. The number of carbonyl (C=O) groups is 1. The van der Waals surface area contributed by atoms with Gasteiger partial charge in [0.25, 0.3) is 0 Å². The lowest BCUT2D eigenvalue weighted by atomic mass is 10.1. The van der Waals surface area contributed by atoms with Crippen molar-refractivity contribution in [2.75, 3.05) is 33.7 Å². The van der Waals surface area contributed by atoms with Gasteiger partial charge in [0.2, 0.25) is 0 Å². The van der Waals surface area contributed by atoms with Gasteiger partial charge in [-0.25, -0.2) is 4.79 Å². The van der Waals surface area contributed by atoms with E-state index in [1.165, 1.54) is 10.4 Å². The lowest BCUT2D eigenvalue weighted by molar-refractivity contribution is 0.0439. The van der Waals surface area contributed by atoms with Crippen molar-refractivity contribution in [2.24, 2.45) is 0 Å². The van der Waals surface area contributed by atoms with Crippen LogP contribution in [0.15, 0.2) is 41.8 Å². The van der Waals surface area contributed by atoms with Gasteiger partial charge in [0, 0.05) is 11.4 Å². The van der Waals surface area contributed by atoms with Crippen LogP contribution in [-0.4, -0.2) is 55.7 Å². The van der Waals surface area contributed by atoms with Crippen LogP contribution in [0, 0.1) is 6.92 Å². The number of amides is 2. The molecule has 0 radical (unpaired) electrons. The van der Waals surface area contributed by atoms with Gasteiger partial charge in [0.05, 0.1) is 19.1 Å². The molecule has 0 unspecified atom stereocenters. The second-order valence-corrected chi connectivity index (χ2v) is 7.54. The summed E-state index contributed by atoms with van der Waals surface area (Å²) in [6.45, 7) is 3.98. The lowest BCUT2D eigenvalue weighted by Gasteiger charge is -2.39. The van der Waals surface area contributed by atoms with Crippen LogP contribution in [0.5, 0.6) is 5.75 Å². The van der Waals surface area contributed by atoms with E-state index in [0.29, 0.717) is 19.6 Å². The molecule has 1 aromatic heterocycles. The molecule has 5 nitrogen and oxygen atoms in total. The Morgan fingerprint density at radius 2 is 2.04 bits per heavy atom. The van der Waals surface area contributed by atoms with Gasteiger partial charge >= 0.3 is 6.03 Å². The number of hydrogen-bond acceptors (Lipinski definition) is 4. The molecule has 1 fully saturated rings. The average molecular weight is 359 g/mol. The average Bonchev–Trinajstić information content (AvgIpc) is 2.97.